The third-order valence-electron chi connectivity index (χ3n) is 6.44. The van der Waals surface area contributed by atoms with Gasteiger partial charge in [0.1, 0.15) is 11.6 Å². The normalized spacial score (nSPS) is 25.2. The van der Waals surface area contributed by atoms with Crippen LogP contribution in [0.1, 0.15) is 28.3 Å². The average Bonchev–Trinajstić information content (AvgIpc) is 3.28. The number of benzene rings is 3. The minimum Gasteiger partial charge on any atom is -0.388 e. The molecule has 0 aliphatic carbocycles. The van der Waals surface area contributed by atoms with E-state index in [1.165, 1.54) is 27.5 Å². The highest BCUT2D eigenvalue weighted by Crippen LogP contribution is 2.47. The van der Waals surface area contributed by atoms with Gasteiger partial charge in [-0.2, -0.15) is 0 Å². The summed E-state index contributed by atoms with van der Waals surface area (Å²) in [6.45, 7) is 2.80. The Hall–Kier alpha value is -3.14. The van der Waals surface area contributed by atoms with Crippen LogP contribution in [0.2, 0.25) is 0 Å². The van der Waals surface area contributed by atoms with Crippen molar-refractivity contribution in [3.05, 3.63) is 82.9 Å². The average molecular weight is 368 g/mol. The third kappa shape index (κ3) is 2.06. The van der Waals surface area contributed by atoms with Crippen molar-refractivity contribution in [2.24, 2.45) is 11.1 Å². The molecule has 1 fully saturated rings. The molecular formula is C24H20N2O2. The van der Waals surface area contributed by atoms with Crippen molar-refractivity contribution >= 4 is 22.4 Å². The maximum Gasteiger partial charge on any atom is 0.236 e. The lowest BCUT2D eigenvalue weighted by Gasteiger charge is -2.34. The second kappa shape index (κ2) is 5.68. The predicted octanol–water partition coefficient (Wildman–Crippen LogP) is 4.01. The summed E-state index contributed by atoms with van der Waals surface area (Å²) in [5.74, 6) is -0.171. The molecule has 3 aliphatic rings. The summed E-state index contributed by atoms with van der Waals surface area (Å²) >= 11 is 0. The molecular weight excluding hydrogens is 348 g/mol. The van der Waals surface area contributed by atoms with Gasteiger partial charge in [-0.1, -0.05) is 71.4 Å². The first kappa shape index (κ1) is 15.9. The maximum atomic E-state index is 13.3. The summed E-state index contributed by atoms with van der Waals surface area (Å²) in [4.78, 5) is 21.2. The molecule has 0 spiro atoms. The molecule has 28 heavy (non-hydrogen) atoms. The van der Waals surface area contributed by atoms with E-state index in [-0.39, 0.29) is 24.0 Å². The Kier molecular flexibility index (Phi) is 3.22. The van der Waals surface area contributed by atoms with Crippen LogP contribution in [0.3, 0.4) is 0 Å². The van der Waals surface area contributed by atoms with E-state index >= 15 is 0 Å². The Balaban J connectivity index is 1.44. The monoisotopic (exact) mass is 368 g/mol. The fourth-order valence-corrected chi connectivity index (χ4v) is 5.07. The Morgan fingerprint density at radius 1 is 1.04 bits per heavy atom. The summed E-state index contributed by atoms with van der Waals surface area (Å²) in [5.41, 5.74) is 5.50. The largest absolute Gasteiger partial charge is 0.388 e. The lowest BCUT2D eigenvalue weighted by atomic mass is 9.85. The van der Waals surface area contributed by atoms with Gasteiger partial charge in [-0.3, -0.25) is 4.79 Å². The fraction of sp³-hybridized carbons (Fsp3) is 0.250. The number of oxime groups is 1. The lowest BCUT2D eigenvalue weighted by Crippen LogP contribution is -2.37. The third-order valence-corrected chi connectivity index (χ3v) is 6.44. The van der Waals surface area contributed by atoms with E-state index in [2.05, 4.69) is 60.6 Å². The van der Waals surface area contributed by atoms with Crippen LogP contribution in [0.15, 0.2) is 65.8 Å². The molecule has 1 amide bonds. The van der Waals surface area contributed by atoms with Gasteiger partial charge in [-0.05, 0) is 35.2 Å². The standard InChI is InChI=1S/C24H20N2O2/c1-14-6-8-16(9-7-14)21-20-23(28-25-21)22-19-11-10-15-4-2-3-5-17(15)18(19)12-13-26(22)24(20)27/h2-11,20,22-23H,12-13H2,1H3/t20-,22+,23+/m1/s1. The Labute approximate surface area is 163 Å². The van der Waals surface area contributed by atoms with E-state index in [0.717, 1.165) is 24.2 Å². The van der Waals surface area contributed by atoms with Gasteiger partial charge < -0.3 is 9.74 Å². The number of fused-ring (bicyclic) bond motifs is 7. The van der Waals surface area contributed by atoms with Gasteiger partial charge in [0.25, 0.3) is 0 Å². The second-order valence-electron chi connectivity index (χ2n) is 7.97. The topological polar surface area (TPSA) is 41.9 Å². The van der Waals surface area contributed by atoms with Gasteiger partial charge in [-0.15, -0.1) is 0 Å². The molecule has 0 unspecified atom stereocenters. The molecule has 0 N–H and O–H groups in total. The van der Waals surface area contributed by atoms with Crippen LogP contribution in [-0.2, 0) is 16.1 Å². The van der Waals surface area contributed by atoms with E-state index in [1.807, 2.05) is 17.0 Å². The summed E-state index contributed by atoms with van der Waals surface area (Å²) < 4.78 is 0. The maximum absolute atomic E-state index is 13.3. The van der Waals surface area contributed by atoms with Crippen molar-refractivity contribution in [1.82, 2.24) is 4.90 Å². The molecule has 1 saturated heterocycles. The molecule has 3 atom stereocenters. The van der Waals surface area contributed by atoms with Crippen LogP contribution < -0.4 is 0 Å². The van der Waals surface area contributed by atoms with Crippen LogP contribution in [-0.4, -0.2) is 29.2 Å². The number of hydrogen-bond acceptors (Lipinski definition) is 3. The minimum absolute atomic E-state index is 0.0578. The van der Waals surface area contributed by atoms with E-state index in [1.54, 1.807) is 0 Å². The molecule has 3 aromatic carbocycles. The molecule has 3 aliphatic heterocycles. The number of aryl methyl sites for hydroxylation is 1. The predicted molar refractivity (Wildman–Crippen MR) is 108 cm³/mol. The van der Waals surface area contributed by atoms with Crippen molar-refractivity contribution in [1.29, 1.82) is 0 Å². The van der Waals surface area contributed by atoms with Gasteiger partial charge >= 0.3 is 0 Å². The minimum atomic E-state index is -0.315. The van der Waals surface area contributed by atoms with E-state index < -0.39 is 0 Å². The second-order valence-corrected chi connectivity index (χ2v) is 7.97. The first-order valence-corrected chi connectivity index (χ1v) is 9.84. The number of rotatable bonds is 1. The van der Waals surface area contributed by atoms with Crippen molar-refractivity contribution < 1.29 is 9.63 Å². The molecule has 0 saturated carbocycles. The molecule has 0 radical (unpaired) electrons. The highest BCUT2D eigenvalue weighted by Gasteiger charge is 2.57. The first-order valence-electron chi connectivity index (χ1n) is 9.84. The highest BCUT2D eigenvalue weighted by atomic mass is 16.6. The molecule has 0 bridgehead atoms. The zero-order valence-electron chi connectivity index (χ0n) is 15.6. The van der Waals surface area contributed by atoms with Gasteiger partial charge in [0, 0.05) is 12.1 Å². The summed E-state index contributed by atoms with van der Waals surface area (Å²) in [6.07, 6.45) is 0.638. The molecule has 0 aromatic heterocycles. The summed E-state index contributed by atoms with van der Waals surface area (Å²) in [5, 5.41) is 6.90. The lowest BCUT2D eigenvalue weighted by molar-refractivity contribution is -0.130. The molecule has 138 valence electrons. The smallest absolute Gasteiger partial charge is 0.236 e. The Morgan fingerprint density at radius 3 is 2.71 bits per heavy atom. The van der Waals surface area contributed by atoms with E-state index in [9.17, 15) is 4.79 Å². The van der Waals surface area contributed by atoms with Crippen LogP contribution in [0, 0.1) is 12.8 Å². The zero-order valence-corrected chi connectivity index (χ0v) is 15.6. The van der Waals surface area contributed by atoms with E-state index in [4.69, 9.17) is 4.84 Å². The SMILES string of the molecule is Cc1ccc(C2=NO[C@H]3[C@@H]2C(=O)N2CCc4c(ccc5ccccc45)[C@@H]32)cc1. The van der Waals surface area contributed by atoms with E-state index in [0.29, 0.717) is 0 Å². The van der Waals surface area contributed by atoms with Crippen LogP contribution >= 0.6 is 0 Å². The number of carbonyl (C=O) groups is 1. The van der Waals surface area contributed by atoms with Gasteiger partial charge in [-0.25, -0.2) is 0 Å². The van der Waals surface area contributed by atoms with Gasteiger partial charge in [0.2, 0.25) is 5.91 Å². The van der Waals surface area contributed by atoms with Crippen molar-refractivity contribution in [3.63, 3.8) is 0 Å². The number of amides is 1. The molecule has 3 aromatic rings. The van der Waals surface area contributed by atoms with Crippen LogP contribution in [0.5, 0.6) is 0 Å². The quantitative estimate of drug-likeness (QED) is 0.651. The zero-order chi connectivity index (χ0) is 18.8. The number of hydrogen-bond donors (Lipinski definition) is 0. The Bertz CT molecular complexity index is 1150. The van der Waals surface area contributed by atoms with Crippen molar-refractivity contribution in [3.8, 4) is 0 Å². The summed E-state index contributed by atoms with van der Waals surface area (Å²) in [6, 6.07) is 20.9. The molecule has 6 rings (SSSR count). The van der Waals surface area contributed by atoms with Crippen molar-refractivity contribution in [2.75, 3.05) is 6.54 Å². The molecule has 3 heterocycles. The fourth-order valence-electron chi connectivity index (χ4n) is 5.07. The summed E-state index contributed by atoms with van der Waals surface area (Å²) in [7, 11) is 0. The Morgan fingerprint density at radius 2 is 1.86 bits per heavy atom. The van der Waals surface area contributed by atoms with Crippen molar-refractivity contribution in [2.45, 2.75) is 25.5 Å². The number of carbonyl (C=O) groups excluding carboxylic acids is 1. The molecule has 4 heteroatoms. The van der Waals surface area contributed by atoms with Crippen LogP contribution in [0.25, 0.3) is 10.8 Å². The highest BCUT2D eigenvalue weighted by molar-refractivity contribution is 6.15. The van der Waals surface area contributed by atoms with Gasteiger partial charge in [0.15, 0.2) is 6.10 Å². The molecule has 4 nitrogen and oxygen atoms in total. The van der Waals surface area contributed by atoms with Gasteiger partial charge in [0.05, 0.1) is 6.04 Å². The number of nitrogens with zero attached hydrogens (tertiary/aromatic N) is 2. The first-order chi connectivity index (χ1) is 13.7. The van der Waals surface area contributed by atoms with Crippen LogP contribution in [0.4, 0.5) is 0 Å².